The van der Waals surface area contributed by atoms with Crippen molar-refractivity contribution in [2.75, 3.05) is 17.3 Å². The zero-order chi connectivity index (χ0) is 13.2. The summed E-state index contributed by atoms with van der Waals surface area (Å²) in [7, 11) is 1.67. The predicted molar refractivity (Wildman–Crippen MR) is 69.8 cm³/mol. The number of benzene rings is 1. The zero-order valence-electron chi connectivity index (χ0n) is 9.67. The van der Waals surface area contributed by atoms with Gasteiger partial charge in [-0.15, -0.1) is 0 Å². The summed E-state index contributed by atoms with van der Waals surface area (Å²) in [5.41, 5.74) is 0.951. The molecule has 0 saturated carbocycles. The molecule has 1 N–H and O–H groups in total. The lowest BCUT2D eigenvalue weighted by atomic mass is 10.2. The van der Waals surface area contributed by atoms with E-state index in [-0.39, 0.29) is 16.8 Å². The highest BCUT2D eigenvalue weighted by Gasteiger charge is 2.20. The summed E-state index contributed by atoms with van der Waals surface area (Å²) in [4.78, 5) is 23.9. The Morgan fingerprint density at radius 3 is 2.00 bits per heavy atom. The van der Waals surface area contributed by atoms with Gasteiger partial charge in [-0.25, -0.2) is 4.90 Å². The summed E-state index contributed by atoms with van der Waals surface area (Å²) < 4.78 is 0. The van der Waals surface area contributed by atoms with Crippen molar-refractivity contribution >= 4 is 46.4 Å². The molecule has 4 nitrogen and oxygen atoms in total. The lowest BCUT2D eigenvalue weighted by Crippen LogP contribution is -2.33. The van der Waals surface area contributed by atoms with Crippen LogP contribution in [-0.2, 0) is 9.59 Å². The van der Waals surface area contributed by atoms with E-state index in [4.69, 9.17) is 23.2 Å². The standard InChI is InChI=1S/C11H12Cl2N2O2/c1-6(16)15(7(2)17)11-5-9(13)8(12)4-10(11)14-3/h4-5,14H,1-3H3. The van der Waals surface area contributed by atoms with Crippen molar-refractivity contribution < 1.29 is 9.59 Å². The molecule has 0 aliphatic rings. The van der Waals surface area contributed by atoms with E-state index >= 15 is 0 Å². The van der Waals surface area contributed by atoms with E-state index in [1.165, 1.54) is 19.9 Å². The highest BCUT2D eigenvalue weighted by molar-refractivity contribution is 6.42. The van der Waals surface area contributed by atoms with Crippen molar-refractivity contribution in [3.8, 4) is 0 Å². The minimum Gasteiger partial charge on any atom is -0.386 e. The van der Waals surface area contributed by atoms with Crippen molar-refractivity contribution in [2.45, 2.75) is 13.8 Å². The number of anilines is 2. The minimum atomic E-state index is -0.382. The molecule has 0 aliphatic heterocycles. The second kappa shape index (κ2) is 5.38. The monoisotopic (exact) mass is 274 g/mol. The number of rotatable bonds is 2. The summed E-state index contributed by atoms with van der Waals surface area (Å²) >= 11 is 11.8. The van der Waals surface area contributed by atoms with Crippen LogP contribution in [0.1, 0.15) is 13.8 Å². The number of nitrogens with one attached hydrogen (secondary N) is 1. The fourth-order valence-corrected chi connectivity index (χ4v) is 1.80. The third-order valence-corrected chi connectivity index (χ3v) is 2.90. The first kappa shape index (κ1) is 13.8. The van der Waals surface area contributed by atoms with Gasteiger partial charge in [0.25, 0.3) is 0 Å². The largest absolute Gasteiger partial charge is 0.386 e. The van der Waals surface area contributed by atoms with Crippen LogP contribution in [0.25, 0.3) is 0 Å². The Labute approximate surface area is 109 Å². The van der Waals surface area contributed by atoms with Crippen LogP contribution in [-0.4, -0.2) is 18.9 Å². The molecule has 0 atom stereocenters. The number of hydrogen-bond acceptors (Lipinski definition) is 3. The maximum Gasteiger partial charge on any atom is 0.230 e. The van der Waals surface area contributed by atoms with Crippen molar-refractivity contribution in [3.63, 3.8) is 0 Å². The average Bonchev–Trinajstić information content (AvgIpc) is 2.22. The number of hydrogen-bond donors (Lipinski definition) is 1. The average molecular weight is 275 g/mol. The normalized spacial score (nSPS) is 9.94. The van der Waals surface area contributed by atoms with Crippen LogP contribution < -0.4 is 10.2 Å². The lowest BCUT2D eigenvalue weighted by molar-refractivity contribution is -0.124. The van der Waals surface area contributed by atoms with E-state index in [1.54, 1.807) is 13.1 Å². The number of amides is 2. The number of imide groups is 1. The van der Waals surface area contributed by atoms with Crippen LogP contribution in [0.2, 0.25) is 10.0 Å². The van der Waals surface area contributed by atoms with E-state index in [1.807, 2.05) is 0 Å². The maximum absolute atomic E-state index is 11.5. The Bertz CT molecular complexity index is 461. The van der Waals surface area contributed by atoms with Crippen LogP contribution in [0.3, 0.4) is 0 Å². The van der Waals surface area contributed by atoms with Gasteiger partial charge in [-0.05, 0) is 12.1 Å². The van der Waals surface area contributed by atoms with Gasteiger partial charge in [0.05, 0.1) is 21.4 Å². The first-order chi connectivity index (χ1) is 7.88. The predicted octanol–water partition coefficient (Wildman–Crippen LogP) is 2.93. The molecular formula is C11H12Cl2N2O2. The van der Waals surface area contributed by atoms with Gasteiger partial charge in [0, 0.05) is 20.9 Å². The van der Waals surface area contributed by atoms with Crippen molar-refractivity contribution in [1.29, 1.82) is 0 Å². The van der Waals surface area contributed by atoms with Crippen molar-refractivity contribution in [2.24, 2.45) is 0 Å². The van der Waals surface area contributed by atoms with E-state index in [0.29, 0.717) is 16.4 Å². The molecule has 0 spiro atoms. The minimum absolute atomic E-state index is 0.285. The summed E-state index contributed by atoms with van der Waals surface area (Å²) in [6.45, 7) is 2.62. The van der Waals surface area contributed by atoms with Gasteiger partial charge < -0.3 is 5.32 Å². The number of carbonyl (C=O) groups excluding carboxylic acids is 2. The number of carbonyl (C=O) groups is 2. The van der Waals surface area contributed by atoms with Gasteiger partial charge >= 0.3 is 0 Å². The van der Waals surface area contributed by atoms with E-state index in [2.05, 4.69) is 5.32 Å². The van der Waals surface area contributed by atoms with Crippen molar-refractivity contribution in [3.05, 3.63) is 22.2 Å². The highest BCUT2D eigenvalue weighted by atomic mass is 35.5. The number of nitrogens with zero attached hydrogens (tertiary/aromatic N) is 1. The molecule has 0 aromatic heterocycles. The first-order valence-corrected chi connectivity index (χ1v) is 5.62. The summed E-state index contributed by atoms with van der Waals surface area (Å²) in [6, 6.07) is 3.05. The zero-order valence-corrected chi connectivity index (χ0v) is 11.2. The third-order valence-electron chi connectivity index (χ3n) is 2.18. The fourth-order valence-electron chi connectivity index (χ4n) is 1.48. The smallest absolute Gasteiger partial charge is 0.230 e. The van der Waals surface area contributed by atoms with Gasteiger partial charge in [0.2, 0.25) is 11.8 Å². The molecule has 1 aromatic rings. The fraction of sp³-hybridized carbons (Fsp3) is 0.273. The Morgan fingerprint density at radius 2 is 1.59 bits per heavy atom. The van der Waals surface area contributed by atoms with Crippen LogP contribution in [0, 0.1) is 0 Å². The summed E-state index contributed by atoms with van der Waals surface area (Å²) in [5, 5.41) is 3.50. The first-order valence-electron chi connectivity index (χ1n) is 4.86. The van der Waals surface area contributed by atoms with Crippen LogP contribution in [0.15, 0.2) is 12.1 Å². The molecule has 0 fully saturated rings. The Kier molecular flexibility index (Phi) is 4.37. The molecule has 0 radical (unpaired) electrons. The summed E-state index contributed by atoms with van der Waals surface area (Å²) in [6.07, 6.45) is 0. The molecule has 1 aromatic carbocycles. The molecular weight excluding hydrogens is 263 g/mol. The maximum atomic E-state index is 11.5. The SMILES string of the molecule is CNc1cc(Cl)c(Cl)cc1N(C(C)=O)C(C)=O. The molecule has 17 heavy (non-hydrogen) atoms. The van der Waals surface area contributed by atoms with E-state index < -0.39 is 0 Å². The highest BCUT2D eigenvalue weighted by Crippen LogP contribution is 2.34. The van der Waals surface area contributed by atoms with Gasteiger partial charge in [0.15, 0.2) is 0 Å². The van der Waals surface area contributed by atoms with E-state index in [9.17, 15) is 9.59 Å². The van der Waals surface area contributed by atoms with Crippen LogP contribution >= 0.6 is 23.2 Å². The molecule has 0 bridgehead atoms. The Balaban J connectivity index is 3.41. The molecule has 0 aliphatic carbocycles. The van der Waals surface area contributed by atoms with Gasteiger partial charge in [0.1, 0.15) is 0 Å². The molecule has 0 saturated heterocycles. The van der Waals surface area contributed by atoms with Gasteiger partial charge in [-0.3, -0.25) is 9.59 Å². The molecule has 2 amide bonds. The molecule has 0 heterocycles. The topological polar surface area (TPSA) is 49.4 Å². The van der Waals surface area contributed by atoms with Gasteiger partial charge in [-0.2, -0.15) is 0 Å². The van der Waals surface area contributed by atoms with E-state index in [0.717, 1.165) is 4.90 Å². The van der Waals surface area contributed by atoms with Crippen molar-refractivity contribution in [1.82, 2.24) is 0 Å². The quantitative estimate of drug-likeness (QED) is 0.902. The molecule has 6 heteroatoms. The summed E-state index contributed by atoms with van der Waals surface area (Å²) in [5.74, 6) is -0.764. The third kappa shape index (κ3) is 2.90. The number of halogens is 2. The second-order valence-electron chi connectivity index (χ2n) is 3.41. The molecule has 92 valence electrons. The lowest BCUT2D eigenvalue weighted by Gasteiger charge is -2.21. The van der Waals surface area contributed by atoms with Crippen LogP contribution in [0.4, 0.5) is 11.4 Å². The molecule has 1 rings (SSSR count). The second-order valence-corrected chi connectivity index (χ2v) is 4.22. The Hall–Kier alpha value is -1.26. The van der Waals surface area contributed by atoms with Crippen LogP contribution in [0.5, 0.6) is 0 Å². The van der Waals surface area contributed by atoms with Gasteiger partial charge in [-0.1, -0.05) is 23.2 Å². The Morgan fingerprint density at radius 1 is 1.12 bits per heavy atom. The molecule has 0 unspecified atom stereocenters.